The molecule has 0 aliphatic rings. The Morgan fingerprint density at radius 1 is 1.26 bits per heavy atom. The fourth-order valence-electron chi connectivity index (χ4n) is 1.89. The zero-order valence-corrected chi connectivity index (χ0v) is 12.6. The van der Waals surface area contributed by atoms with Gasteiger partial charge in [0, 0.05) is 22.1 Å². The average molecular weight is 322 g/mol. The Labute approximate surface area is 121 Å². The van der Waals surface area contributed by atoms with Crippen molar-refractivity contribution in [3.05, 3.63) is 58.0 Å². The van der Waals surface area contributed by atoms with E-state index >= 15 is 0 Å². The molecule has 0 aliphatic carbocycles. The molecule has 0 N–H and O–H groups in total. The zero-order valence-electron chi connectivity index (χ0n) is 11.0. The number of benzene rings is 1. The van der Waals surface area contributed by atoms with Gasteiger partial charge in [0.15, 0.2) is 5.78 Å². The third-order valence-corrected chi connectivity index (χ3v) is 3.51. The van der Waals surface area contributed by atoms with Crippen molar-refractivity contribution in [1.82, 2.24) is 4.90 Å². The number of Topliss-reactive ketones (excluding diaryl/α,β-unsaturated/α-hetero) is 1. The van der Waals surface area contributed by atoms with E-state index in [-0.39, 0.29) is 5.78 Å². The fourth-order valence-corrected chi connectivity index (χ4v) is 2.16. The lowest BCUT2D eigenvalue weighted by molar-refractivity contribution is 0.0942. The smallest absolute Gasteiger partial charge is 0.176 e. The first-order chi connectivity index (χ1) is 9.06. The molecule has 0 unspecified atom stereocenters. The van der Waals surface area contributed by atoms with Gasteiger partial charge in [0.2, 0.25) is 0 Å². The van der Waals surface area contributed by atoms with Gasteiger partial charge in [-0.3, -0.25) is 9.69 Å². The van der Waals surface area contributed by atoms with Gasteiger partial charge < -0.3 is 4.42 Å². The highest BCUT2D eigenvalue weighted by molar-refractivity contribution is 9.10. The van der Waals surface area contributed by atoms with Crippen molar-refractivity contribution in [2.75, 3.05) is 13.6 Å². The van der Waals surface area contributed by atoms with Crippen LogP contribution in [0.3, 0.4) is 0 Å². The summed E-state index contributed by atoms with van der Waals surface area (Å²) in [5, 5.41) is 0. The molecule has 4 heteroatoms. The van der Waals surface area contributed by atoms with E-state index < -0.39 is 0 Å². The topological polar surface area (TPSA) is 33.5 Å². The van der Waals surface area contributed by atoms with Crippen molar-refractivity contribution in [2.45, 2.75) is 13.5 Å². The zero-order chi connectivity index (χ0) is 13.8. The van der Waals surface area contributed by atoms with Crippen molar-refractivity contribution >= 4 is 21.7 Å². The molecule has 0 radical (unpaired) electrons. The third kappa shape index (κ3) is 3.78. The van der Waals surface area contributed by atoms with Gasteiger partial charge in [0.05, 0.1) is 12.8 Å². The molecule has 0 saturated carbocycles. The molecule has 1 aromatic carbocycles. The van der Waals surface area contributed by atoms with E-state index in [0.717, 1.165) is 21.4 Å². The van der Waals surface area contributed by atoms with E-state index in [1.54, 1.807) is 6.26 Å². The molecule has 3 nitrogen and oxygen atoms in total. The Morgan fingerprint density at radius 2 is 1.95 bits per heavy atom. The van der Waals surface area contributed by atoms with Gasteiger partial charge in [0.25, 0.3) is 0 Å². The van der Waals surface area contributed by atoms with Crippen molar-refractivity contribution < 1.29 is 9.21 Å². The molecule has 2 aromatic rings. The number of halogens is 1. The minimum atomic E-state index is 0.121. The Hall–Kier alpha value is -1.39. The third-order valence-electron chi connectivity index (χ3n) is 2.99. The molecular weight excluding hydrogens is 306 g/mol. The van der Waals surface area contributed by atoms with Crippen molar-refractivity contribution in [3.8, 4) is 0 Å². The van der Waals surface area contributed by atoms with Crippen LogP contribution in [0.1, 0.15) is 21.7 Å². The summed E-state index contributed by atoms with van der Waals surface area (Å²) in [7, 11) is 1.93. The molecule has 100 valence electrons. The molecule has 1 aromatic heterocycles. The lowest BCUT2D eigenvalue weighted by atomic mass is 10.1. The van der Waals surface area contributed by atoms with Gasteiger partial charge in [-0.15, -0.1) is 0 Å². The first-order valence-electron chi connectivity index (χ1n) is 6.06. The first kappa shape index (κ1) is 14.0. The molecule has 2 rings (SSSR count). The van der Waals surface area contributed by atoms with Crippen molar-refractivity contribution in [1.29, 1.82) is 0 Å². The number of hydrogen-bond donors (Lipinski definition) is 0. The van der Waals surface area contributed by atoms with Crippen LogP contribution < -0.4 is 0 Å². The highest BCUT2D eigenvalue weighted by Gasteiger charge is 2.11. The molecule has 0 saturated heterocycles. The SMILES string of the molecule is Cc1occc1CN(C)CC(=O)c1ccc(Br)cc1. The molecule has 0 aliphatic heterocycles. The van der Waals surface area contributed by atoms with Gasteiger partial charge >= 0.3 is 0 Å². The van der Waals surface area contributed by atoms with E-state index in [1.165, 1.54) is 0 Å². The molecular formula is C15H16BrNO2. The summed E-state index contributed by atoms with van der Waals surface area (Å²) in [6, 6.07) is 9.38. The number of ketones is 1. The van der Waals surface area contributed by atoms with Crippen LogP contribution in [0.4, 0.5) is 0 Å². The number of likely N-dealkylation sites (N-methyl/N-ethyl adjacent to an activating group) is 1. The summed E-state index contributed by atoms with van der Waals surface area (Å²) < 4.78 is 6.23. The largest absolute Gasteiger partial charge is 0.469 e. The van der Waals surface area contributed by atoms with Gasteiger partial charge in [-0.2, -0.15) is 0 Å². The lowest BCUT2D eigenvalue weighted by Crippen LogP contribution is -2.25. The predicted octanol–water partition coefficient (Wildman–Crippen LogP) is 3.67. The minimum absolute atomic E-state index is 0.121. The van der Waals surface area contributed by atoms with Gasteiger partial charge in [-0.25, -0.2) is 0 Å². The van der Waals surface area contributed by atoms with E-state index in [4.69, 9.17) is 4.42 Å². The first-order valence-corrected chi connectivity index (χ1v) is 6.86. The summed E-state index contributed by atoms with van der Waals surface area (Å²) in [4.78, 5) is 14.1. The quantitative estimate of drug-likeness (QED) is 0.788. The van der Waals surface area contributed by atoms with Crippen LogP contribution in [-0.4, -0.2) is 24.3 Å². The van der Waals surface area contributed by atoms with E-state index in [0.29, 0.717) is 13.1 Å². The Kier molecular flexibility index (Phi) is 4.56. The molecule has 0 spiro atoms. The van der Waals surface area contributed by atoms with Crippen LogP contribution >= 0.6 is 15.9 Å². The number of nitrogens with zero attached hydrogens (tertiary/aromatic N) is 1. The summed E-state index contributed by atoms with van der Waals surface area (Å²) in [6.45, 7) is 3.04. The Balaban J connectivity index is 1.95. The Morgan fingerprint density at radius 3 is 2.53 bits per heavy atom. The number of carbonyl (C=O) groups excluding carboxylic acids is 1. The van der Waals surface area contributed by atoms with E-state index in [9.17, 15) is 4.79 Å². The maximum Gasteiger partial charge on any atom is 0.176 e. The van der Waals surface area contributed by atoms with Crippen molar-refractivity contribution in [2.24, 2.45) is 0 Å². The number of rotatable bonds is 5. The lowest BCUT2D eigenvalue weighted by Gasteiger charge is -2.15. The van der Waals surface area contributed by atoms with Gasteiger partial charge in [-0.05, 0) is 32.2 Å². The molecule has 0 fully saturated rings. The normalized spacial score (nSPS) is 10.9. The highest BCUT2D eigenvalue weighted by Crippen LogP contribution is 2.13. The van der Waals surface area contributed by atoms with Crippen LogP contribution in [0, 0.1) is 6.92 Å². The van der Waals surface area contributed by atoms with Crippen LogP contribution in [0.25, 0.3) is 0 Å². The monoisotopic (exact) mass is 321 g/mol. The molecule has 0 amide bonds. The van der Waals surface area contributed by atoms with E-state index in [1.807, 2.05) is 49.2 Å². The number of hydrogen-bond acceptors (Lipinski definition) is 3. The van der Waals surface area contributed by atoms with Crippen LogP contribution in [0.5, 0.6) is 0 Å². The molecule has 19 heavy (non-hydrogen) atoms. The van der Waals surface area contributed by atoms with Gasteiger partial charge in [-0.1, -0.05) is 28.1 Å². The average Bonchev–Trinajstić information content (AvgIpc) is 2.75. The second-order valence-corrected chi connectivity index (χ2v) is 5.52. The number of aryl methyl sites for hydroxylation is 1. The second kappa shape index (κ2) is 6.17. The maximum atomic E-state index is 12.1. The van der Waals surface area contributed by atoms with Gasteiger partial charge in [0.1, 0.15) is 5.76 Å². The minimum Gasteiger partial charge on any atom is -0.469 e. The van der Waals surface area contributed by atoms with E-state index in [2.05, 4.69) is 15.9 Å². The summed E-state index contributed by atoms with van der Waals surface area (Å²) in [5.41, 5.74) is 1.85. The molecule has 1 heterocycles. The second-order valence-electron chi connectivity index (χ2n) is 4.60. The van der Waals surface area contributed by atoms with Crippen LogP contribution in [0.15, 0.2) is 45.5 Å². The standard InChI is InChI=1S/C15H16BrNO2/c1-11-13(7-8-19-11)9-17(2)10-15(18)12-3-5-14(16)6-4-12/h3-8H,9-10H2,1-2H3. The van der Waals surface area contributed by atoms with Crippen LogP contribution in [-0.2, 0) is 6.54 Å². The van der Waals surface area contributed by atoms with Crippen LogP contribution in [0.2, 0.25) is 0 Å². The van der Waals surface area contributed by atoms with Crippen molar-refractivity contribution in [3.63, 3.8) is 0 Å². The summed E-state index contributed by atoms with van der Waals surface area (Å²) >= 11 is 3.36. The number of furan rings is 1. The molecule has 0 bridgehead atoms. The summed E-state index contributed by atoms with van der Waals surface area (Å²) in [6.07, 6.45) is 1.68. The predicted molar refractivity (Wildman–Crippen MR) is 78.3 cm³/mol. The highest BCUT2D eigenvalue weighted by atomic mass is 79.9. The summed E-state index contributed by atoms with van der Waals surface area (Å²) in [5.74, 6) is 1.03. The Bertz CT molecular complexity index is 560. The molecule has 0 atom stereocenters. The number of carbonyl (C=O) groups is 1. The maximum absolute atomic E-state index is 12.1. The fraction of sp³-hybridized carbons (Fsp3) is 0.267.